The van der Waals surface area contributed by atoms with Crippen molar-refractivity contribution in [3.63, 3.8) is 0 Å². The van der Waals surface area contributed by atoms with Crippen molar-refractivity contribution in [1.29, 1.82) is 0 Å². The quantitative estimate of drug-likeness (QED) is 0.729. The summed E-state index contributed by atoms with van der Waals surface area (Å²) in [7, 11) is 0. The van der Waals surface area contributed by atoms with Gasteiger partial charge in [-0.2, -0.15) is 0 Å². The number of nitrogens with zero attached hydrogens (tertiary/aromatic N) is 1. The van der Waals surface area contributed by atoms with Crippen LogP contribution in [0.4, 0.5) is 0 Å². The molecule has 2 N–H and O–H groups in total. The van der Waals surface area contributed by atoms with Gasteiger partial charge in [-0.1, -0.05) is 19.1 Å². The number of fused-ring (bicyclic) bond motifs is 1. The predicted octanol–water partition coefficient (Wildman–Crippen LogP) is 2.81. The molecule has 0 spiro atoms. The molecule has 110 valence electrons. The minimum Gasteiger partial charge on any atom is -0.462 e. The van der Waals surface area contributed by atoms with Gasteiger partial charge >= 0.3 is 0 Å². The van der Waals surface area contributed by atoms with Crippen molar-refractivity contribution >= 4 is 11.1 Å². The number of furan rings is 1. The van der Waals surface area contributed by atoms with Gasteiger partial charge in [-0.3, -0.25) is 0 Å². The zero-order valence-corrected chi connectivity index (χ0v) is 11.9. The Hall–Kier alpha value is -2.11. The Morgan fingerprint density at radius 1 is 1.14 bits per heavy atom. The SMILES string of the molecule is C[C@@H](CNCc1ccc(CO)o1)c1nc2ccccc2o1. The first-order valence-corrected chi connectivity index (χ1v) is 7.01. The molecule has 1 atom stereocenters. The maximum atomic E-state index is 8.95. The molecule has 3 rings (SSSR count). The molecule has 0 fully saturated rings. The topological polar surface area (TPSA) is 71.4 Å². The van der Waals surface area contributed by atoms with Crippen LogP contribution in [-0.2, 0) is 13.2 Å². The van der Waals surface area contributed by atoms with Crippen LogP contribution < -0.4 is 5.32 Å². The molecule has 0 radical (unpaired) electrons. The molecular weight excluding hydrogens is 268 g/mol. The van der Waals surface area contributed by atoms with Crippen LogP contribution in [0.1, 0.15) is 30.3 Å². The van der Waals surface area contributed by atoms with Crippen molar-refractivity contribution in [2.24, 2.45) is 0 Å². The highest BCUT2D eigenvalue weighted by molar-refractivity contribution is 5.72. The largest absolute Gasteiger partial charge is 0.462 e. The summed E-state index contributed by atoms with van der Waals surface area (Å²) < 4.78 is 11.2. The summed E-state index contributed by atoms with van der Waals surface area (Å²) in [6.45, 7) is 3.35. The maximum absolute atomic E-state index is 8.95. The van der Waals surface area contributed by atoms with Crippen LogP contribution in [0.5, 0.6) is 0 Å². The van der Waals surface area contributed by atoms with Crippen molar-refractivity contribution in [3.8, 4) is 0 Å². The molecule has 0 aliphatic rings. The second-order valence-corrected chi connectivity index (χ2v) is 5.08. The lowest BCUT2D eigenvalue weighted by Gasteiger charge is -2.07. The van der Waals surface area contributed by atoms with Crippen molar-refractivity contribution in [1.82, 2.24) is 10.3 Å². The number of aromatic nitrogens is 1. The Bertz CT molecular complexity index is 684. The molecule has 2 heterocycles. The van der Waals surface area contributed by atoms with E-state index in [0.29, 0.717) is 12.3 Å². The smallest absolute Gasteiger partial charge is 0.199 e. The third kappa shape index (κ3) is 3.15. The van der Waals surface area contributed by atoms with E-state index in [2.05, 4.69) is 17.2 Å². The van der Waals surface area contributed by atoms with Gasteiger partial charge < -0.3 is 19.3 Å². The van der Waals surface area contributed by atoms with Gasteiger partial charge in [-0.25, -0.2) is 4.98 Å². The maximum Gasteiger partial charge on any atom is 0.199 e. The molecule has 21 heavy (non-hydrogen) atoms. The van der Waals surface area contributed by atoms with E-state index >= 15 is 0 Å². The fourth-order valence-corrected chi connectivity index (χ4v) is 2.20. The van der Waals surface area contributed by atoms with Crippen LogP contribution in [0.2, 0.25) is 0 Å². The fraction of sp³-hybridized carbons (Fsp3) is 0.312. The molecule has 3 aromatic rings. The van der Waals surface area contributed by atoms with E-state index in [9.17, 15) is 0 Å². The summed E-state index contributed by atoms with van der Waals surface area (Å²) in [6, 6.07) is 11.4. The van der Waals surface area contributed by atoms with Gasteiger partial charge in [0.15, 0.2) is 11.5 Å². The molecule has 0 aliphatic heterocycles. The summed E-state index contributed by atoms with van der Waals surface area (Å²) in [6.07, 6.45) is 0. The summed E-state index contributed by atoms with van der Waals surface area (Å²) in [5.41, 5.74) is 1.70. The lowest BCUT2D eigenvalue weighted by atomic mass is 10.2. The zero-order valence-electron chi connectivity index (χ0n) is 11.9. The fourth-order valence-electron chi connectivity index (χ4n) is 2.20. The average molecular weight is 286 g/mol. The Labute approximate surface area is 122 Å². The predicted molar refractivity (Wildman–Crippen MR) is 78.8 cm³/mol. The Morgan fingerprint density at radius 3 is 2.71 bits per heavy atom. The van der Waals surface area contributed by atoms with Gasteiger partial charge in [-0.15, -0.1) is 0 Å². The van der Waals surface area contributed by atoms with Gasteiger partial charge in [-0.05, 0) is 24.3 Å². The molecule has 1 aromatic carbocycles. The number of aliphatic hydroxyl groups excluding tert-OH is 1. The van der Waals surface area contributed by atoms with Crippen molar-refractivity contribution in [2.75, 3.05) is 6.54 Å². The van der Waals surface area contributed by atoms with Crippen LogP contribution in [-0.4, -0.2) is 16.6 Å². The van der Waals surface area contributed by atoms with Crippen LogP contribution in [0.15, 0.2) is 45.2 Å². The number of aliphatic hydroxyl groups is 1. The first-order chi connectivity index (χ1) is 10.3. The van der Waals surface area contributed by atoms with Crippen molar-refractivity contribution < 1.29 is 13.9 Å². The molecule has 0 unspecified atom stereocenters. The molecule has 0 aliphatic carbocycles. The molecule has 2 aromatic heterocycles. The molecule has 5 heteroatoms. The van der Waals surface area contributed by atoms with E-state index < -0.39 is 0 Å². The number of nitrogens with one attached hydrogen (secondary N) is 1. The molecular formula is C16H18N2O3. The highest BCUT2D eigenvalue weighted by Crippen LogP contribution is 2.20. The lowest BCUT2D eigenvalue weighted by molar-refractivity contribution is 0.242. The molecule has 0 saturated carbocycles. The molecule has 5 nitrogen and oxygen atoms in total. The van der Waals surface area contributed by atoms with Crippen LogP contribution >= 0.6 is 0 Å². The lowest BCUT2D eigenvalue weighted by Crippen LogP contribution is -2.19. The first kappa shape index (κ1) is 13.9. The highest BCUT2D eigenvalue weighted by Gasteiger charge is 2.13. The Kier molecular flexibility index (Phi) is 4.03. The van der Waals surface area contributed by atoms with Crippen LogP contribution in [0.25, 0.3) is 11.1 Å². The molecule has 0 amide bonds. The van der Waals surface area contributed by atoms with Crippen LogP contribution in [0.3, 0.4) is 0 Å². The van der Waals surface area contributed by atoms with Gasteiger partial charge in [0, 0.05) is 12.5 Å². The summed E-state index contributed by atoms with van der Waals surface area (Å²) in [5, 5.41) is 12.3. The third-order valence-corrected chi connectivity index (χ3v) is 3.35. The van der Waals surface area contributed by atoms with Gasteiger partial charge in [0.1, 0.15) is 23.6 Å². The number of rotatable bonds is 6. The Balaban J connectivity index is 1.57. The van der Waals surface area contributed by atoms with Gasteiger partial charge in [0.05, 0.1) is 6.54 Å². The second-order valence-electron chi connectivity index (χ2n) is 5.08. The van der Waals surface area contributed by atoms with Gasteiger partial charge in [0.2, 0.25) is 0 Å². The monoisotopic (exact) mass is 286 g/mol. The third-order valence-electron chi connectivity index (χ3n) is 3.35. The van der Waals surface area contributed by atoms with E-state index in [1.165, 1.54) is 0 Å². The number of benzene rings is 1. The van der Waals surface area contributed by atoms with E-state index in [1.54, 1.807) is 6.07 Å². The number of hydrogen-bond donors (Lipinski definition) is 2. The highest BCUT2D eigenvalue weighted by atomic mass is 16.4. The molecule has 0 bridgehead atoms. The van der Waals surface area contributed by atoms with Crippen molar-refractivity contribution in [3.05, 3.63) is 53.8 Å². The van der Waals surface area contributed by atoms with Crippen LogP contribution in [0, 0.1) is 0 Å². The number of oxazole rings is 1. The second kappa shape index (κ2) is 6.11. The van der Waals surface area contributed by atoms with E-state index in [0.717, 1.165) is 29.3 Å². The number of para-hydroxylation sites is 2. The van der Waals surface area contributed by atoms with E-state index in [1.807, 2.05) is 30.3 Å². The minimum absolute atomic E-state index is 0.0701. The van der Waals surface area contributed by atoms with Crippen molar-refractivity contribution in [2.45, 2.75) is 26.0 Å². The van der Waals surface area contributed by atoms with Gasteiger partial charge in [0.25, 0.3) is 0 Å². The standard InChI is InChI=1S/C16H18N2O3/c1-11(8-17-9-12-6-7-13(10-19)20-12)16-18-14-4-2-3-5-15(14)21-16/h2-7,11,17,19H,8-10H2,1H3/t11-/m0/s1. The number of hydrogen-bond acceptors (Lipinski definition) is 5. The average Bonchev–Trinajstić information content (AvgIpc) is 3.13. The summed E-state index contributed by atoms with van der Waals surface area (Å²) >= 11 is 0. The minimum atomic E-state index is -0.0701. The zero-order chi connectivity index (χ0) is 14.7. The first-order valence-electron chi connectivity index (χ1n) is 7.01. The van der Waals surface area contributed by atoms with E-state index in [4.69, 9.17) is 13.9 Å². The Morgan fingerprint density at radius 2 is 1.95 bits per heavy atom. The molecule has 0 saturated heterocycles. The van der Waals surface area contributed by atoms with E-state index in [-0.39, 0.29) is 12.5 Å². The summed E-state index contributed by atoms with van der Waals surface area (Å²) in [5.74, 6) is 2.30. The summed E-state index contributed by atoms with van der Waals surface area (Å²) in [4.78, 5) is 4.49. The normalized spacial score (nSPS) is 12.9.